The number of rotatable bonds is 2. The highest BCUT2D eigenvalue weighted by atomic mass is 79.9. The average molecular weight is 303 g/mol. The molecule has 0 aliphatic rings. The first-order valence-electron chi connectivity index (χ1n) is 4.75. The van der Waals surface area contributed by atoms with Gasteiger partial charge in [-0.25, -0.2) is 4.98 Å². The van der Waals surface area contributed by atoms with Crippen molar-refractivity contribution in [1.82, 2.24) is 9.38 Å². The number of nitroso groups, excluding NO2 is 1. The van der Waals surface area contributed by atoms with Gasteiger partial charge in [0, 0.05) is 6.20 Å². The highest BCUT2D eigenvalue weighted by Gasteiger charge is 2.17. The topological polar surface area (TPSA) is 46.7 Å². The van der Waals surface area contributed by atoms with Crippen molar-refractivity contribution in [3.63, 3.8) is 0 Å². The molecule has 2 heterocycles. The van der Waals surface area contributed by atoms with Crippen LogP contribution in [0.3, 0.4) is 0 Å². The van der Waals surface area contributed by atoms with E-state index in [1.807, 2.05) is 13.8 Å². The van der Waals surface area contributed by atoms with Gasteiger partial charge >= 0.3 is 0 Å². The minimum atomic E-state index is 0.137. The van der Waals surface area contributed by atoms with Gasteiger partial charge in [0.2, 0.25) is 5.82 Å². The number of aromatic nitrogens is 2. The summed E-state index contributed by atoms with van der Waals surface area (Å²) < 4.78 is 2.35. The largest absolute Gasteiger partial charge is 0.279 e. The fourth-order valence-electron chi connectivity index (χ4n) is 1.56. The van der Waals surface area contributed by atoms with Gasteiger partial charge in [-0.2, -0.15) is 0 Å². The molecular formula is C10H9BrClN3O. The smallest absolute Gasteiger partial charge is 0.205 e. The summed E-state index contributed by atoms with van der Waals surface area (Å²) in [6.07, 6.45) is 1.64. The Hall–Kier alpha value is -0.940. The minimum absolute atomic E-state index is 0.137. The van der Waals surface area contributed by atoms with Gasteiger partial charge < -0.3 is 0 Å². The van der Waals surface area contributed by atoms with Crippen LogP contribution in [-0.2, 0) is 0 Å². The van der Waals surface area contributed by atoms with E-state index in [1.54, 1.807) is 16.7 Å². The standard InChI is InChI=1S/C10H9BrClN3O/c1-5(2)8-10(14-16)15-4-6(12)3-7(11)9(15)13-8/h3-5H,1-2H3. The van der Waals surface area contributed by atoms with Crippen molar-refractivity contribution in [1.29, 1.82) is 0 Å². The molecule has 0 aliphatic heterocycles. The Morgan fingerprint density at radius 2 is 2.25 bits per heavy atom. The van der Waals surface area contributed by atoms with Crippen molar-refractivity contribution >= 4 is 39.0 Å². The molecule has 0 aliphatic carbocycles. The highest BCUT2D eigenvalue weighted by Crippen LogP contribution is 2.32. The molecule has 6 heteroatoms. The zero-order chi connectivity index (χ0) is 11.9. The van der Waals surface area contributed by atoms with Crippen LogP contribution in [0.15, 0.2) is 21.9 Å². The third kappa shape index (κ3) is 1.74. The highest BCUT2D eigenvalue weighted by molar-refractivity contribution is 9.10. The number of nitrogens with zero attached hydrogens (tertiary/aromatic N) is 3. The first-order valence-corrected chi connectivity index (χ1v) is 5.92. The van der Waals surface area contributed by atoms with Crippen LogP contribution in [0.25, 0.3) is 5.65 Å². The molecule has 0 radical (unpaired) electrons. The van der Waals surface area contributed by atoms with Gasteiger partial charge in [-0.05, 0) is 33.1 Å². The van der Waals surface area contributed by atoms with Gasteiger partial charge in [0.15, 0.2) is 5.65 Å². The van der Waals surface area contributed by atoms with Crippen molar-refractivity contribution in [2.45, 2.75) is 19.8 Å². The number of pyridine rings is 1. The molecule has 0 saturated carbocycles. The molecule has 2 aromatic heterocycles. The van der Waals surface area contributed by atoms with Crippen molar-refractivity contribution in [3.05, 3.63) is 32.4 Å². The van der Waals surface area contributed by atoms with Crippen molar-refractivity contribution in [2.24, 2.45) is 5.18 Å². The Kier molecular flexibility index (Phi) is 2.99. The van der Waals surface area contributed by atoms with Crippen molar-refractivity contribution in [3.8, 4) is 0 Å². The summed E-state index contributed by atoms with van der Waals surface area (Å²) in [6.45, 7) is 3.93. The first-order chi connectivity index (χ1) is 7.54. The number of halogens is 2. The number of hydrogen-bond acceptors (Lipinski definition) is 3. The van der Waals surface area contributed by atoms with E-state index >= 15 is 0 Å². The van der Waals surface area contributed by atoms with E-state index in [9.17, 15) is 4.91 Å². The Morgan fingerprint density at radius 3 is 2.81 bits per heavy atom. The molecule has 0 spiro atoms. The summed E-state index contributed by atoms with van der Waals surface area (Å²) in [7, 11) is 0. The van der Waals surface area contributed by atoms with Crippen LogP contribution >= 0.6 is 27.5 Å². The molecule has 0 aromatic carbocycles. The fraction of sp³-hybridized carbons (Fsp3) is 0.300. The molecule has 0 amide bonds. The van der Waals surface area contributed by atoms with Crippen molar-refractivity contribution < 1.29 is 0 Å². The number of imidazole rings is 1. The third-order valence-corrected chi connectivity index (χ3v) is 3.07. The van der Waals surface area contributed by atoms with E-state index in [-0.39, 0.29) is 5.92 Å². The third-order valence-electron chi connectivity index (χ3n) is 2.28. The summed E-state index contributed by atoms with van der Waals surface area (Å²) in [5.74, 6) is 0.450. The molecule has 84 valence electrons. The van der Waals surface area contributed by atoms with Gasteiger partial charge in [-0.15, -0.1) is 4.91 Å². The van der Waals surface area contributed by atoms with Crippen LogP contribution in [0.5, 0.6) is 0 Å². The van der Waals surface area contributed by atoms with Gasteiger partial charge in [0.25, 0.3) is 0 Å². The minimum Gasteiger partial charge on any atom is -0.279 e. The zero-order valence-corrected chi connectivity index (χ0v) is 11.1. The first kappa shape index (κ1) is 11.5. The van der Waals surface area contributed by atoms with Crippen LogP contribution in [0.4, 0.5) is 5.82 Å². The number of hydrogen-bond donors (Lipinski definition) is 0. The predicted octanol–water partition coefficient (Wildman–Crippen LogP) is 4.27. The molecule has 2 rings (SSSR count). The Balaban J connectivity index is 2.87. The Bertz CT molecular complexity index is 565. The second-order valence-electron chi connectivity index (χ2n) is 3.77. The zero-order valence-electron chi connectivity index (χ0n) is 8.74. The summed E-state index contributed by atoms with van der Waals surface area (Å²) in [5, 5.41) is 3.56. The lowest BCUT2D eigenvalue weighted by Crippen LogP contribution is -1.87. The molecule has 0 atom stereocenters. The Labute approximate surface area is 106 Å². The van der Waals surface area contributed by atoms with Crippen LogP contribution in [0.1, 0.15) is 25.5 Å². The van der Waals surface area contributed by atoms with Crippen LogP contribution in [0.2, 0.25) is 5.02 Å². The molecule has 0 N–H and O–H groups in total. The van der Waals surface area contributed by atoms with Crippen LogP contribution in [-0.4, -0.2) is 9.38 Å². The van der Waals surface area contributed by atoms with Crippen LogP contribution < -0.4 is 0 Å². The lowest BCUT2D eigenvalue weighted by molar-refractivity contribution is 0.834. The monoisotopic (exact) mass is 301 g/mol. The lowest BCUT2D eigenvalue weighted by Gasteiger charge is -1.99. The van der Waals surface area contributed by atoms with Gasteiger partial charge in [0.1, 0.15) is 0 Å². The van der Waals surface area contributed by atoms with E-state index in [1.165, 1.54) is 0 Å². The quantitative estimate of drug-likeness (QED) is 0.778. The maximum absolute atomic E-state index is 10.9. The molecule has 0 unspecified atom stereocenters. The second-order valence-corrected chi connectivity index (χ2v) is 5.06. The van der Waals surface area contributed by atoms with Crippen molar-refractivity contribution in [2.75, 3.05) is 0 Å². The average Bonchev–Trinajstić information content (AvgIpc) is 2.56. The molecular weight excluding hydrogens is 293 g/mol. The van der Waals surface area contributed by atoms with Gasteiger partial charge in [-0.1, -0.05) is 25.4 Å². The fourth-order valence-corrected chi connectivity index (χ4v) is 2.42. The molecule has 0 bridgehead atoms. The van der Waals surface area contributed by atoms with E-state index in [4.69, 9.17) is 11.6 Å². The summed E-state index contributed by atoms with van der Waals surface area (Å²) in [6, 6.07) is 1.74. The van der Waals surface area contributed by atoms with Crippen LogP contribution in [0, 0.1) is 4.91 Å². The maximum atomic E-state index is 10.9. The maximum Gasteiger partial charge on any atom is 0.205 e. The summed E-state index contributed by atoms with van der Waals surface area (Å²) >= 11 is 9.28. The molecule has 0 fully saturated rings. The van der Waals surface area contributed by atoms with E-state index < -0.39 is 0 Å². The number of fused-ring (bicyclic) bond motifs is 1. The molecule has 4 nitrogen and oxygen atoms in total. The normalized spacial score (nSPS) is 11.3. The van der Waals surface area contributed by atoms with E-state index in [2.05, 4.69) is 26.1 Å². The molecule has 0 saturated heterocycles. The molecule has 2 aromatic rings. The predicted molar refractivity (Wildman–Crippen MR) is 67.4 cm³/mol. The molecule has 16 heavy (non-hydrogen) atoms. The Morgan fingerprint density at radius 1 is 1.56 bits per heavy atom. The van der Waals surface area contributed by atoms with Gasteiger partial charge in [0.05, 0.1) is 15.2 Å². The second kappa shape index (κ2) is 4.14. The SMILES string of the molecule is CC(C)c1nc2c(Br)cc(Cl)cn2c1N=O. The summed E-state index contributed by atoms with van der Waals surface area (Å²) in [4.78, 5) is 15.2. The summed E-state index contributed by atoms with van der Waals surface area (Å²) in [5.41, 5.74) is 1.33. The van der Waals surface area contributed by atoms with E-state index in [0.717, 1.165) is 4.47 Å². The van der Waals surface area contributed by atoms with E-state index in [0.29, 0.717) is 22.2 Å². The lowest BCUT2D eigenvalue weighted by atomic mass is 10.1. The van der Waals surface area contributed by atoms with Gasteiger partial charge in [-0.3, -0.25) is 4.40 Å².